The number of hydrogen-bond acceptors (Lipinski definition) is 6. The molecule has 6 nitrogen and oxygen atoms in total. The summed E-state index contributed by atoms with van der Waals surface area (Å²) in [6.45, 7) is 1.33. The molecule has 0 saturated heterocycles. The summed E-state index contributed by atoms with van der Waals surface area (Å²) < 4.78 is 11.9. The lowest BCUT2D eigenvalue weighted by Crippen LogP contribution is -2.36. The van der Waals surface area contributed by atoms with Gasteiger partial charge in [-0.2, -0.15) is 0 Å². The Morgan fingerprint density at radius 1 is 1.13 bits per heavy atom. The Balaban J connectivity index is 0.00000320. The quantitative estimate of drug-likeness (QED) is 0.452. The Hall–Kier alpha value is -2.06. The number of halogens is 2. The monoisotopic (exact) mass is 469 g/mol. The Bertz CT molecular complexity index is 981. The van der Waals surface area contributed by atoms with E-state index in [4.69, 9.17) is 21.1 Å². The zero-order valence-corrected chi connectivity index (χ0v) is 19.5. The molecule has 9 heteroatoms. The van der Waals surface area contributed by atoms with E-state index in [9.17, 15) is 4.79 Å². The number of fused-ring (bicyclic) bond motifs is 1. The lowest BCUT2D eigenvalue weighted by molar-refractivity contribution is -0.120. The highest BCUT2D eigenvalue weighted by Gasteiger charge is 2.21. The molecular weight excluding hydrogens is 445 g/mol. The predicted molar refractivity (Wildman–Crippen MR) is 126 cm³/mol. The molecule has 1 amide bonds. The van der Waals surface area contributed by atoms with E-state index in [0.717, 1.165) is 17.7 Å². The minimum atomic E-state index is -0.151. The van der Waals surface area contributed by atoms with E-state index in [1.165, 1.54) is 11.3 Å². The van der Waals surface area contributed by atoms with Crippen molar-refractivity contribution in [3.05, 3.63) is 47.5 Å². The summed E-state index contributed by atoms with van der Waals surface area (Å²) in [5.74, 6) is 1.11. The van der Waals surface area contributed by atoms with Crippen LogP contribution in [0.2, 0.25) is 5.02 Å². The van der Waals surface area contributed by atoms with Gasteiger partial charge in [-0.3, -0.25) is 9.69 Å². The van der Waals surface area contributed by atoms with Crippen molar-refractivity contribution in [2.75, 3.05) is 45.8 Å². The first-order chi connectivity index (χ1) is 14.0. The first kappa shape index (κ1) is 24.2. The van der Waals surface area contributed by atoms with E-state index in [-0.39, 0.29) is 24.9 Å². The SMILES string of the molecule is COc1cccc(OCC(=O)N(CCCN(C)C)c2nc3c(Cl)cccc3s2)c1.Cl. The van der Waals surface area contributed by atoms with Crippen LogP contribution in [0.25, 0.3) is 10.2 Å². The van der Waals surface area contributed by atoms with Gasteiger partial charge in [-0.1, -0.05) is 35.1 Å². The molecule has 0 atom stereocenters. The topological polar surface area (TPSA) is 54.9 Å². The third-order valence-corrected chi connectivity index (χ3v) is 5.63. The van der Waals surface area contributed by atoms with Crippen molar-refractivity contribution in [3.63, 3.8) is 0 Å². The molecule has 0 bridgehead atoms. The molecule has 2 aromatic carbocycles. The van der Waals surface area contributed by atoms with E-state index in [0.29, 0.717) is 33.7 Å². The standard InChI is InChI=1S/C21H24ClN3O3S.ClH/c1-24(2)11-6-12-25(21-23-20-17(22)9-5-10-18(20)29-21)19(26)14-28-16-8-4-7-15(13-16)27-3;/h4-5,7-10,13H,6,11-12,14H2,1-3H3;1H. The number of para-hydroxylation sites is 1. The third-order valence-electron chi connectivity index (χ3n) is 4.28. The molecule has 0 unspecified atom stereocenters. The number of carbonyl (C=O) groups excluding carboxylic acids is 1. The van der Waals surface area contributed by atoms with Crippen molar-refractivity contribution in [2.24, 2.45) is 0 Å². The van der Waals surface area contributed by atoms with Crippen molar-refractivity contribution in [3.8, 4) is 11.5 Å². The van der Waals surface area contributed by atoms with Crippen LogP contribution in [0, 0.1) is 0 Å². The number of ether oxygens (including phenoxy) is 2. The fourth-order valence-electron chi connectivity index (χ4n) is 2.80. The summed E-state index contributed by atoms with van der Waals surface area (Å²) >= 11 is 7.72. The van der Waals surface area contributed by atoms with Gasteiger partial charge < -0.3 is 14.4 Å². The van der Waals surface area contributed by atoms with Crippen LogP contribution in [-0.2, 0) is 4.79 Å². The number of hydrogen-bond donors (Lipinski definition) is 0. The Morgan fingerprint density at radius 2 is 1.87 bits per heavy atom. The second-order valence-corrected chi connectivity index (χ2v) is 8.17. The van der Waals surface area contributed by atoms with E-state index in [2.05, 4.69) is 9.88 Å². The summed E-state index contributed by atoms with van der Waals surface area (Å²) in [5, 5.41) is 1.21. The van der Waals surface area contributed by atoms with Crippen LogP contribution in [0.5, 0.6) is 11.5 Å². The number of nitrogens with zero attached hydrogens (tertiary/aromatic N) is 3. The zero-order valence-electron chi connectivity index (χ0n) is 17.1. The summed E-state index contributed by atoms with van der Waals surface area (Å²) in [7, 11) is 5.61. The maximum atomic E-state index is 13.0. The molecule has 0 fully saturated rings. The van der Waals surface area contributed by atoms with Crippen molar-refractivity contribution in [1.82, 2.24) is 9.88 Å². The number of anilines is 1. The summed E-state index contributed by atoms with van der Waals surface area (Å²) in [6.07, 6.45) is 0.821. The molecule has 3 aromatic rings. The van der Waals surface area contributed by atoms with Gasteiger partial charge in [0.15, 0.2) is 11.7 Å². The van der Waals surface area contributed by atoms with Crippen LogP contribution < -0.4 is 14.4 Å². The number of methoxy groups -OCH3 is 1. The molecule has 0 aliphatic carbocycles. The van der Waals surface area contributed by atoms with E-state index in [1.54, 1.807) is 30.2 Å². The fraction of sp³-hybridized carbons (Fsp3) is 0.333. The second kappa shape index (κ2) is 11.4. The maximum Gasteiger partial charge on any atom is 0.266 e. The number of aromatic nitrogens is 1. The molecule has 0 saturated carbocycles. The number of amides is 1. The third kappa shape index (κ3) is 6.22. The number of thiazole rings is 1. The molecular formula is C21H25Cl2N3O3S. The van der Waals surface area contributed by atoms with Crippen LogP contribution in [0.15, 0.2) is 42.5 Å². The van der Waals surface area contributed by atoms with Crippen molar-refractivity contribution < 1.29 is 14.3 Å². The van der Waals surface area contributed by atoms with Gasteiger partial charge in [0.2, 0.25) is 0 Å². The minimum Gasteiger partial charge on any atom is -0.497 e. The second-order valence-electron chi connectivity index (χ2n) is 6.75. The van der Waals surface area contributed by atoms with Gasteiger partial charge in [-0.15, -0.1) is 12.4 Å². The highest BCUT2D eigenvalue weighted by atomic mass is 35.5. The highest BCUT2D eigenvalue weighted by molar-refractivity contribution is 7.22. The first-order valence-electron chi connectivity index (χ1n) is 9.25. The largest absolute Gasteiger partial charge is 0.497 e. The van der Waals surface area contributed by atoms with Crippen molar-refractivity contribution in [1.29, 1.82) is 0 Å². The van der Waals surface area contributed by atoms with Gasteiger partial charge in [0.05, 0.1) is 16.8 Å². The lowest BCUT2D eigenvalue weighted by atomic mass is 10.3. The Morgan fingerprint density at radius 3 is 2.57 bits per heavy atom. The van der Waals surface area contributed by atoms with Gasteiger partial charge >= 0.3 is 0 Å². The molecule has 0 radical (unpaired) electrons. The summed E-state index contributed by atoms with van der Waals surface area (Å²) in [6, 6.07) is 12.8. The molecule has 162 valence electrons. The van der Waals surface area contributed by atoms with Crippen LogP contribution >= 0.6 is 35.3 Å². The van der Waals surface area contributed by atoms with Gasteiger partial charge in [-0.25, -0.2) is 4.98 Å². The van der Waals surface area contributed by atoms with Gasteiger partial charge in [0.1, 0.15) is 17.0 Å². The lowest BCUT2D eigenvalue weighted by Gasteiger charge is -2.21. The maximum absolute atomic E-state index is 13.0. The van der Waals surface area contributed by atoms with Gasteiger partial charge in [0.25, 0.3) is 5.91 Å². The molecule has 1 heterocycles. The van der Waals surface area contributed by atoms with E-state index >= 15 is 0 Å². The van der Waals surface area contributed by atoms with Crippen LogP contribution in [0.1, 0.15) is 6.42 Å². The van der Waals surface area contributed by atoms with Gasteiger partial charge in [0, 0.05) is 12.6 Å². The van der Waals surface area contributed by atoms with Crippen molar-refractivity contribution >= 4 is 56.6 Å². The first-order valence-corrected chi connectivity index (χ1v) is 10.4. The molecule has 0 aliphatic heterocycles. The number of rotatable bonds is 9. The van der Waals surface area contributed by atoms with Crippen LogP contribution in [0.3, 0.4) is 0 Å². The average molecular weight is 470 g/mol. The Labute approximate surface area is 191 Å². The minimum absolute atomic E-state index is 0. The van der Waals surface area contributed by atoms with Crippen molar-refractivity contribution in [2.45, 2.75) is 6.42 Å². The molecule has 0 spiro atoms. The highest BCUT2D eigenvalue weighted by Crippen LogP contribution is 2.33. The smallest absolute Gasteiger partial charge is 0.266 e. The molecule has 1 aromatic heterocycles. The van der Waals surface area contributed by atoms with E-state index < -0.39 is 0 Å². The molecule has 30 heavy (non-hydrogen) atoms. The normalized spacial score (nSPS) is 10.7. The van der Waals surface area contributed by atoms with E-state index in [1.807, 2.05) is 38.4 Å². The summed E-state index contributed by atoms with van der Waals surface area (Å²) in [4.78, 5) is 21.4. The zero-order chi connectivity index (χ0) is 20.8. The molecule has 0 aliphatic rings. The van der Waals surface area contributed by atoms with Crippen LogP contribution in [0.4, 0.5) is 5.13 Å². The predicted octanol–water partition coefficient (Wildman–Crippen LogP) is 4.74. The molecule has 0 N–H and O–H groups in total. The average Bonchev–Trinajstić information content (AvgIpc) is 3.14. The number of benzene rings is 2. The Kier molecular flexibility index (Phi) is 9.17. The van der Waals surface area contributed by atoms with Gasteiger partial charge in [-0.05, 0) is 51.3 Å². The fourth-order valence-corrected chi connectivity index (χ4v) is 4.11. The molecule has 3 rings (SSSR count). The van der Waals surface area contributed by atoms with Crippen LogP contribution in [-0.4, -0.2) is 56.7 Å². The summed E-state index contributed by atoms with van der Waals surface area (Å²) in [5.41, 5.74) is 0.716. The number of carbonyl (C=O) groups is 1.